The van der Waals surface area contributed by atoms with Gasteiger partial charge in [-0.05, 0) is 13.3 Å². The zero-order valence-electron chi connectivity index (χ0n) is 15.3. The van der Waals surface area contributed by atoms with Crippen LogP contribution in [0.4, 0.5) is 0 Å². The van der Waals surface area contributed by atoms with Crippen molar-refractivity contribution in [3.8, 4) is 0 Å². The summed E-state index contributed by atoms with van der Waals surface area (Å²) in [6.45, 7) is 2.93. The van der Waals surface area contributed by atoms with Crippen LogP contribution in [0.2, 0.25) is 0 Å². The van der Waals surface area contributed by atoms with Crippen LogP contribution in [0.5, 0.6) is 0 Å². The number of nitrogens with two attached hydrogens (primary N) is 2. The number of hydrogen-bond acceptors (Lipinski definition) is 8. The summed E-state index contributed by atoms with van der Waals surface area (Å²) in [5.74, 6) is -3.50. The maximum absolute atomic E-state index is 12.1. The number of carbonyl (C=O) groups is 4. The van der Waals surface area contributed by atoms with E-state index >= 15 is 0 Å². The Hall–Kier alpha value is -2.54. The van der Waals surface area contributed by atoms with Crippen molar-refractivity contribution in [3.63, 3.8) is 0 Å². The van der Waals surface area contributed by atoms with E-state index in [4.69, 9.17) is 16.6 Å². The van der Waals surface area contributed by atoms with Gasteiger partial charge in [0.1, 0.15) is 12.1 Å². The summed E-state index contributed by atoms with van der Waals surface area (Å²) in [5.41, 5.74) is 15.3. The monoisotopic (exact) mass is 388 g/mol. The van der Waals surface area contributed by atoms with E-state index < -0.39 is 54.8 Å². The van der Waals surface area contributed by atoms with Gasteiger partial charge in [0.15, 0.2) is 0 Å². The molecule has 0 bridgehead atoms. The third kappa shape index (κ3) is 10.3. The summed E-state index contributed by atoms with van der Waals surface area (Å²) < 4.78 is 0. The number of carboxylic acid groups (broad SMARTS) is 1. The average Bonchev–Trinajstić information content (AvgIpc) is 2.62. The number of allylic oxidation sites excluding steroid dienone is 1. The van der Waals surface area contributed by atoms with Crippen molar-refractivity contribution in [1.29, 1.82) is 0 Å². The predicted molar refractivity (Wildman–Crippen MR) is 95.6 cm³/mol. The first-order chi connectivity index (χ1) is 12.6. The van der Waals surface area contributed by atoms with Gasteiger partial charge in [0, 0.05) is 6.67 Å². The number of amides is 3. The zero-order valence-corrected chi connectivity index (χ0v) is 15.3. The molecule has 0 aliphatic heterocycles. The lowest BCUT2D eigenvalue weighted by Gasteiger charge is -2.20. The van der Waals surface area contributed by atoms with Crippen molar-refractivity contribution in [2.45, 2.75) is 44.8 Å². The first kappa shape index (κ1) is 24.5. The highest BCUT2D eigenvalue weighted by Gasteiger charge is 2.22. The second-order valence-electron chi connectivity index (χ2n) is 5.76. The van der Waals surface area contributed by atoms with Gasteiger partial charge in [0.05, 0.1) is 19.1 Å². The molecular formula is C15H28N6O6. The molecule has 0 heterocycles. The predicted octanol–water partition coefficient (Wildman–Crippen LogP) is -3.36. The summed E-state index contributed by atoms with van der Waals surface area (Å²) in [7, 11) is 0. The van der Waals surface area contributed by atoms with E-state index in [2.05, 4.69) is 10.6 Å². The van der Waals surface area contributed by atoms with Crippen LogP contribution < -0.4 is 33.0 Å². The molecule has 0 saturated heterocycles. The highest BCUT2D eigenvalue weighted by Crippen LogP contribution is 2.01. The summed E-state index contributed by atoms with van der Waals surface area (Å²) >= 11 is 0. The third-order valence-corrected chi connectivity index (χ3v) is 3.51. The second-order valence-corrected chi connectivity index (χ2v) is 5.76. The molecule has 3 amide bonds. The van der Waals surface area contributed by atoms with Crippen molar-refractivity contribution in [2.75, 3.05) is 13.3 Å². The van der Waals surface area contributed by atoms with Crippen molar-refractivity contribution in [1.82, 2.24) is 21.5 Å². The number of hydrazine groups is 1. The molecule has 12 heteroatoms. The highest BCUT2D eigenvalue weighted by molar-refractivity contribution is 5.90. The SMILES string of the molecule is CCC(C)=CC(NCNC(CC(N)=O)C(=O)NNC(=O)C(N)CO)C(=O)O. The normalized spacial score (nSPS) is 14.7. The smallest absolute Gasteiger partial charge is 0.324 e. The minimum atomic E-state index is -1.22. The van der Waals surface area contributed by atoms with Crippen LogP contribution >= 0.6 is 0 Å². The fourth-order valence-electron chi connectivity index (χ4n) is 1.76. The summed E-state index contributed by atoms with van der Waals surface area (Å²) in [6, 6.07) is -3.34. The average molecular weight is 388 g/mol. The molecule has 27 heavy (non-hydrogen) atoms. The maximum Gasteiger partial charge on any atom is 0.324 e. The molecule has 0 aromatic rings. The molecule has 154 valence electrons. The van der Waals surface area contributed by atoms with Gasteiger partial charge < -0.3 is 21.7 Å². The molecule has 0 aliphatic rings. The number of rotatable bonds is 12. The minimum absolute atomic E-state index is 0.125. The molecule has 10 N–H and O–H groups in total. The van der Waals surface area contributed by atoms with E-state index in [-0.39, 0.29) is 6.67 Å². The largest absolute Gasteiger partial charge is 0.480 e. The van der Waals surface area contributed by atoms with Gasteiger partial charge in [-0.15, -0.1) is 0 Å². The number of aliphatic hydroxyl groups is 1. The molecule has 3 unspecified atom stereocenters. The Morgan fingerprint density at radius 1 is 1.11 bits per heavy atom. The van der Waals surface area contributed by atoms with Gasteiger partial charge in [-0.1, -0.05) is 18.6 Å². The maximum atomic E-state index is 12.1. The second kappa shape index (κ2) is 12.8. The molecule has 0 aliphatic carbocycles. The molecule has 0 aromatic heterocycles. The number of carboxylic acids is 1. The lowest BCUT2D eigenvalue weighted by atomic mass is 10.1. The summed E-state index contributed by atoms with van der Waals surface area (Å²) in [6.07, 6.45) is 1.82. The lowest BCUT2D eigenvalue weighted by molar-refractivity contribution is -0.138. The van der Waals surface area contributed by atoms with E-state index in [1.807, 2.05) is 17.8 Å². The van der Waals surface area contributed by atoms with E-state index in [9.17, 15) is 24.3 Å². The first-order valence-corrected chi connectivity index (χ1v) is 8.23. The first-order valence-electron chi connectivity index (χ1n) is 8.23. The minimum Gasteiger partial charge on any atom is -0.480 e. The Labute approximate surface area is 156 Å². The van der Waals surface area contributed by atoms with Gasteiger partial charge >= 0.3 is 5.97 Å². The molecule has 0 spiro atoms. The fraction of sp³-hybridized carbons (Fsp3) is 0.600. The molecule has 12 nitrogen and oxygen atoms in total. The molecule has 0 aromatic carbocycles. The Balaban J connectivity index is 4.76. The standard InChI is InChI=1S/C15H28N6O6/c1-3-8(2)4-11(15(26)27)19-7-18-10(5-12(17)23)14(25)21-20-13(24)9(16)6-22/h4,9-11,18-19,22H,3,5-7,16H2,1-2H3,(H2,17,23)(H,20,24)(H,21,25)(H,26,27). The van der Waals surface area contributed by atoms with Crippen LogP contribution in [0.15, 0.2) is 11.6 Å². The van der Waals surface area contributed by atoms with Gasteiger partial charge in [-0.3, -0.25) is 40.7 Å². The number of hydrogen-bond donors (Lipinski definition) is 8. The van der Waals surface area contributed by atoms with Crippen LogP contribution in [0.3, 0.4) is 0 Å². The Morgan fingerprint density at radius 2 is 1.70 bits per heavy atom. The van der Waals surface area contributed by atoms with Crippen molar-refractivity contribution in [2.24, 2.45) is 11.5 Å². The van der Waals surface area contributed by atoms with Crippen molar-refractivity contribution < 1.29 is 29.4 Å². The lowest BCUT2D eigenvalue weighted by Crippen LogP contribution is -2.57. The van der Waals surface area contributed by atoms with Crippen LogP contribution in [-0.2, 0) is 19.2 Å². The third-order valence-electron chi connectivity index (χ3n) is 3.51. The van der Waals surface area contributed by atoms with Crippen LogP contribution in [0, 0.1) is 0 Å². The number of nitrogens with one attached hydrogen (secondary N) is 4. The van der Waals surface area contributed by atoms with Gasteiger partial charge in [-0.2, -0.15) is 0 Å². The molecule has 0 saturated carbocycles. The number of primary amides is 1. The molecular weight excluding hydrogens is 360 g/mol. The van der Waals surface area contributed by atoms with E-state index in [0.29, 0.717) is 6.42 Å². The molecule has 0 fully saturated rings. The molecule has 0 rings (SSSR count). The van der Waals surface area contributed by atoms with Crippen molar-refractivity contribution >= 4 is 23.7 Å². The number of aliphatic carboxylic acids is 1. The fourth-order valence-corrected chi connectivity index (χ4v) is 1.76. The zero-order chi connectivity index (χ0) is 21.0. The molecule has 3 atom stereocenters. The summed E-state index contributed by atoms with van der Waals surface area (Å²) in [4.78, 5) is 45.9. The Morgan fingerprint density at radius 3 is 2.19 bits per heavy atom. The van der Waals surface area contributed by atoms with Gasteiger partial charge in [0.2, 0.25) is 5.91 Å². The topological polar surface area (TPSA) is 209 Å². The van der Waals surface area contributed by atoms with Crippen LogP contribution in [0.25, 0.3) is 0 Å². The van der Waals surface area contributed by atoms with Crippen LogP contribution in [0.1, 0.15) is 26.7 Å². The summed E-state index contributed by atoms with van der Waals surface area (Å²) in [5, 5.41) is 23.3. The van der Waals surface area contributed by atoms with E-state index in [1.54, 1.807) is 6.92 Å². The highest BCUT2D eigenvalue weighted by atomic mass is 16.4. The van der Waals surface area contributed by atoms with E-state index in [0.717, 1.165) is 5.57 Å². The number of aliphatic hydroxyl groups excluding tert-OH is 1. The molecule has 0 radical (unpaired) electrons. The van der Waals surface area contributed by atoms with Crippen LogP contribution in [-0.4, -0.2) is 65.3 Å². The Kier molecular flexibility index (Phi) is 11.6. The van der Waals surface area contributed by atoms with Gasteiger partial charge in [-0.25, -0.2) is 0 Å². The van der Waals surface area contributed by atoms with E-state index in [1.165, 1.54) is 6.08 Å². The quantitative estimate of drug-likeness (QED) is 0.0952. The van der Waals surface area contributed by atoms with Crippen molar-refractivity contribution in [3.05, 3.63) is 11.6 Å². The Bertz CT molecular complexity index is 567. The number of carbonyl (C=O) groups excluding carboxylic acids is 3. The van der Waals surface area contributed by atoms with Gasteiger partial charge in [0.25, 0.3) is 11.8 Å².